The third-order valence-electron chi connectivity index (χ3n) is 20.2. The van der Waals surface area contributed by atoms with Crippen molar-refractivity contribution in [2.24, 2.45) is 0 Å². The standard InChI is InChI=1S/2C48H32N2/c1-4-14-33(15-5-1)37-28-38(34-16-6-2-7-17-34)30-40(29-37)50-46-23-13-11-21-42(46)44-32-36(25-27-48(44)50)35-24-26-47-43(31-35)41-20-10-12-22-45(41)49(47)39-18-8-3-9-19-39;1-3-11-33(12-4-1)35-19-25-39(26-20-35)49-45-17-9-7-15-41(45)43-31-37(23-29-47(43)49)38-24-30-48-44(32-38)42-16-8-10-18-46(42)50(48)40-27-21-36(22-28-40)34-13-5-2-6-14-34/h2*1-32H. The van der Waals surface area contributed by atoms with E-state index in [0.717, 1.165) is 17.1 Å². The van der Waals surface area contributed by atoms with Crippen molar-refractivity contribution in [3.63, 3.8) is 0 Å². The Bertz CT molecular complexity index is 6200. The maximum absolute atomic E-state index is 2.43. The van der Waals surface area contributed by atoms with Crippen LogP contribution in [0.3, 0.4) is 0 Å². The molecule has 0 aliphatic carbocycles. The summed E-state index contributed by atoms with van der Waals surface area (Å²) in [5.41, 5.74) is 28.9. The normalized spacial score (nSPS) is 11.6. The highest BCUT2D eigenvalue weighted by molar-refractivity contribution is 6.15. The third kappa shape index (κ3) is 10.1. The largest absolute Gasteiger partial charge is 0.309 e. The predicted molar refractivity (Wildman–Crippen MR) is 423 cm³/mol. The molecule has 16 aromatic carbocycles. The molecule has 0 atom stereocenters. The van der Waals surface area contributed by atoms with Crippen molar-refractivity contribution in [1.82, 2.24) is 18.3 Å². The van der Waals surface area contributed by atoms with Gasteiger partial charge in [-0.1, -0.05) is 261 Å². The smallest absolute Gasteiger partial charge is 0.0541 e. The fourth-order valence-corrected chi connectivity index (χ4v) is 15.5. The number of hydrogen-bond acceptors (Lipinski definition) is 0. The van der Waals surface area contributed by atoms with E-state index >= 15 is 0 Å². The molecule has 0 N–H and O–H groups in total. The molecule has 0 saturated heterocycles. The van der Waals surface area contributed by atoms with E-state index in [1.165, 1.54) is 160 Å². The lowest BCUT2D eigenvalue weighted by Gasteiger charge is -2.14. The zero-order valence-corrected chi connectivity index (χ0v) is 54.7. The molecule has 0 aliphatic heterocycles. The minimum Gasteiger partial charge on any atom is -0.309 e. The van der Waals surface area contributed by atoms with E-state index in [1.54, 1.807) is 0 Å². The van der Waals surface area contributed by atoms with Gasteiger partial charge < -0.3 is 18.3 Å². The molecule has 0 unspecified atom stereocenters. The Morgan fingerprint density at radius 1 is 0.110 bits per heavy atom. The topological polar surface area (TPSA) is 19.7 Å². The van der Waals surface area contributed by atoms with Crippen LogP contribution >= 0.6 is 0 Å². The van der Waals surface area contributed by atoms with Crippen LogP contribution < -0.4 is 0 Å². The van der Waals surface area contributed by atoms with Gasteiger partial charge in [0.05, 0.1) is 44.1 Å². The SMILES string of the molecule is c1ccc(-c2cc(-c3ccccc3)cc(-n3c4ccccc4c4cc(-c5ccc6c(c5)c5ccccc5n6-c5ccccc5)ccc43)c2)cc1.c1ccc(-c2ccc(-n3c4ccccc4c4cc(-c5ccc6c(c5)c5ccccc5n6-c5ccc(-c6ccccc6)cc5)ccc43)cc2)cc1. The first-order chi connectivity index (χ1) is 49.6. The summed E-state index contributed by atoms with van der Waals surface area (Å²) in [7, 11) is 0. The Balaban J connectivity index is 0.000000139. The van der Waals surface area contributed by atoms with Crippen molar-refractivity contribution in [2.75, 3.05) is 0 Å². The number of aromatic nitrogens is 4. The van der Waals surface area contributed by atoms with Crippen LogP contribution in [-0.2, 0) is 0 Å². The van der Waals surface area contributed by atoms with Crippen LogP contribution in [0.5, 0.6) is 0 Å². The minimum atomic E-state index is 1.15. The minimum absolute atomic E-state index is 1.15. The second-order valence-electron chi connectivity index (χ2n) is 26.0. The Kier molecular flexibility index (Phi) is 14.2. The lowest BCUT2D eigenvalue weighted by atomic mass is 9.98. The second kappa shape index (κ2) is 24.4. The first-order valence-corrected chi connectivity index (χ1v) is 34.4. The summed E-state index contributed by atoms with van der Waals surface area (Å²) in [5, 5.41) is 10.0. The molecule has 0 radical (unpaired) electrons. The Hall–Kier alpha value is -13.3. The zero-order chi connectivity index (χ0) is 66.0. The van der Waals surface area contributed by atoms with E-state index in [0.29, 0.717) is 0 Å². The fourth-order valence-electron chi connectivity index (χ4n) is 15.5. The molecule has 468 valence electrons. The van der Waals surface area contributed by atoms with Crippen molar-refractivity contribution in [1.29, 1.82) is 0 Å². The van der Waals surface area contributed by atoms with Crippen molar-refractivity contribution in [3.8, 4) is 89.5 Å². The van der Waals surface area contributed by atoms with Gasteiger partial charge in [0.25, 0.3) is 0 Å². The number of para-hydroxylation sites is 5. The maximum atomic E-state index is 2.43. The molecule has 0 saturated carbocycles. The van der Waals surface area contributed by atoms with Crippen LogP contribution in [0.25, 0.3) is 177 Å². The van der Waals surface area contributed by atoms with Crippen molar-refractivity contribution < 1.29 is 0 Å². The summed E-state index contributed by atoms with van der Waals surface area (Å²) in [6.45, 7) is 0. The number of benzene rings is 16. The molecule has 4 heteroatoms. The van der Waals surface area contributed by atoms with Gasteiger partial charge in [0.2, 0.25) is 0 Å². The lowest BCUT2D eigenvalue weighted by Crippen LogP contribution is -1.96. The molecule has 100 heavy (non-hydrogen) atoms. The van der Waals surface area contributed by atoms with Gasteiger partial charge in [0.1, 0.15) is 0 Å². The van der Waals surface area contributed by atoms with Gasteiger partial charge >= 0.3 is 0 Å². The summed E-state index contributed by atoms with van der Waals surface area (Å²) in [6, 6.07) is 141. The van der Waals surface area contributed by atoms with E-state index in [9.17, 15) is 0 Å². The number of rotatable bonds is 10. The zero-order valence-electron chi connectivity index (χ0n) is 54.7. The van der Waals surface area contributed by atoms with Gasteiger partial charge in [-0.3, -0.25) is 0 Å². The molecular weight excluding hydrogens is 1210 g/mol. The highest BCUT2D eigenvalue weighted by atomic mass is 15.0. The van der Waals surface area contributed by atoms with Crippen LogP contribution in [-0.4, -0.2) is 18.3 Å². The first kappa shape index (κ1) is 58.1. The van der Waals surface area contributed by atoms with Crippen molar-refractivity contribution >= 4 is 87.2 Å². The maximum Gasteiger partial charge on any atom is 0.0541 e. The van der Waals surface area contributed by atoms with Crippen LogP contribution in [0.1, 0.15) is 0 Å². The van der Waals surface area contributed by atoms with Crippen LogP contribution in [0.4, 0.5) is 0 Å². The Morgan fingerprint density at radius 2 is 0.320 bits per heavy atom. The van der Waals surface area contributed by atoms with Gasteiger partial charge in [-0.25, -0.2) is 0 Å². The molecule has 0 amide bonds. The van der Waals surface area contributed by atoms with Gasteiger partial charge in [-0.2, -0.15) is 0 Å². The molecule has 20 aromatic rings. The number of fused-ring (bicyclic) bond motifs is 12. The van der Waals surface area contributed by atoms with Crippen LogP contribution in [0, 0.1) is 0 Å². The summed E-state index contributed by atoms with van der Waals surface area (Å²) in [4.78, 5) is 0. The van der Waals surface area contributed by atoms with Gasteiger partial charge in [0, 0.05) is 65.8 Å². The van der Waals surface area contributed by atoms with Crippen molar-refractivity contribution in [3.05, 3.63) is 388 Å². The lowest BCUT2D eigenvalue weighted by molar-refractivity contribution is 1.18. The molecule has 0 fully saturated rings. The molecule has 4 nitrogen and oxygen atoms in total. The highest BCUT2D eigenvalue weighted by Gasteiger charge is 2.20. The molecule has 4 aromatic heterocycles. The molecule has 0 aliphatic rings. The average Bonchev–Trinajstić information content (AvgIpc) is 1.60. The molecular formula is C96H64N4. The molecule has 0 spiro atoms. The van der Waals surface area contributed by atoms with Crippen LogP contribution in [0.15, 0.2) is 388 Å². The second-order valence-corrected chi connectivity index (χ2v) is 26.0. The summed E-state index contributed by atoms with van der Waals surface area (Å²) < 4.78 is 9.59. The monoisotopic (exact) mass is 1270 g/mol. The van der Waals surface area contributed by atoms with Crippen molar-refractivity contribution in [2.45, 2.75) is 0 Å². The number of nitrogens with zero attached hydrogens (tertiary/aromatic N) is 4. The van der Waals surface area contributed by atoms with E-state index in [2.05, 4.69) is 407 Å². The highest BCUT2D eigenvalue weighted by Crippen LogP contribution is 2.43. The van der Waals surface area contributed by atoms with Crippen LogP contribution in [0.2, 0.25) is 0 Å². The van der Waals surface area contributed by atoms with Gasteiger partial charge in [0.15, 0.2) is 0 Å². The summed E-state index contributed by atoms with van der Waals surface area (Å²) in [6.07, 6.45) is 0. The fraction of sp³-hybridized carbons (Fsp3) is 0. The predicted octanol–water partition coefficient (Wildman–Crippen LogP) is 25.8. The quantitative estimate of drug-likeness (QED) is 0.130. The van der Waals surface area contributed by atoms with E-state index in [1.807, 2.05) is 0 Å². The third-order valence-corrected chi connectivity index (χ3v) is 20.2. The average molecular weight is 1270 g/mol. The number of hydrogen-bond donors (Lipinski definition) is 0. The van der Waals surface area contributed by atoms with Gasteiger partial charge in [-0.05, 0) is 194 Å². The summed E-state index contributed by atoms with van der Waals surface area (Å²) >= 11 is 0. The van der Waals surface area contributed by atoms with E-state index < -0.39 is 0 Å². The van der Waals surface area contributed by atoms with E-state index in [4.69, 9.17) is 0 Å². The molecule has 20 rings (SSSR count). The van der Waals surface area contributed by atoms with E-state index in [-0.39, 0.29) is 0 Å². The molecule has 0 bridgehead atoms. The summed E-state index contributed by atoms with van der Waals surface area (Å²) in [5.74, 6) is 0. The molecule has 4 heterocycles. The Labute approximate surface area is 579 Å². The Morgan fingerprint density at radius 3 is 0.620 bits per heavy atom. The van der Waals surface area contributed by atoms with Gasteiger partial charge in [-0.15, -0.1) is 0 Å². The first-order valence-electron chi connectivity index (χ1n) is 34.4.